The molecular weight excluding hydrogens is 388 g/mol. The van der Waals surface area contributed by atoms with Crippen LogP contribution in [0.4, 0.5) is 0 Å². The Kier molecular flexibility index (Phi) is 4.16. The van der Waals surface area contributed by atoms with Crippen molar-refractivity contribution in [3.63, 3.8) is 0 Å². The molecule has 156 valence electrons. The summed E-state index contributed by atoms with van der Waals surface area (Å²) in [6.45, 7) is 5.42. The first-order valence-corrected chi connectivity index (χ1v) is 10.8. The standard InChI is InChI=1S/C26H24N2O3/c1-16-7-8-17(2)20(13-16)26-28-22(19-5-3-4-6-23(19)31-26)15-21(27-28)18-9-10-24-25(14-18)30-12-11-29-24/h3-10,13-14,22,26H,11-12,15H2,1-2H3/t22-,26+/m0/s1. The van der Waals surface area contributed by atoms with E-state index in [0.29, 0.717) is 13.2 Å². The van der Waals surface area contributed by atoms with Crippen molar-refractivity contribution in [1.29, 1.82) is 0 Å². The van der Waals surface area contributed by atoms with E-state index in [1.807, 2.05) is 18.2 Å². The number of para-hydroxylation sites is 1. The van der Waals surface area contributed by atoms with Crippen LogP contribution in [0.15, 0.2) is 65.8 Å². The number of rotatable bonds is 2. The highest BCUT2D eigenvalue weighted by Crippen LogP contribution is 2.48. The van der Waals surface area contributed by atoms with E-state index in [1.54, 1.807) is 0 Å². The van der Waals surface area contributed by atoms with Crippen LogP contribution in [0.3, 0.4) is 0 Å². The largest absolute Gasteiger partial charge is 0.486 e. The lowest BCUT2D eigenvalue weighted by atomic mass is 9.95. The minimum absolute atomic E-state index is 0.137. The van der Waals surface area contributed by atoms with E-state index in [-0.39, 0.29) is 12.3 Å². The van der Waals surface area contributed by atoms with Crippen LogP contribution in [-0.2, 0) is 0 Å². The summed E-state index contributed by atoms with van der Waals surface area (Å²) in [5, 5.41) is 7.22. The predicted octanol–water partition coefficient (Wildman–Crippen LogP) is 5.32. The summed E-state index contributed by atoms with van der Waals surface area (Å²) < 4.78 is 18.0. The summed E-state index contributed by atoms with van der Waals surface area (Å²) in [4.78, 5) is 0. The van der Waals surface area contributed by atoms with Gasteiger partial charge in [0.25, 0.3) is 0 Å². The van der Waals surface area contributed by atoms with Crippen LogP contribution in [0, 0.1) is 13.8 Å². The molecule has 2 atom stereocenters. The van der Waals surface area contributed by atoms with E-state index in [2.05, 4.69) is 61.3 Å². The fourth-order valence-electron chi connectivity index (χ4n) is 4.66. The number of aryl methyl sites for hydroxylation is 2. The molecule has 3 aromatic carbocycles. The Balaban J connectivity index is 1.44. The van der Waals surface area contributed by atoms with E-state index >= 15 is 0 Å². The second-order valence-electron chi connectivity index (χ2n) is 8.37. The molecule has 5 nitrogen and oxygen atoms in total. The number of hydrogen-bond donors (Lipinski definition) is 0. The van der Waals surface area contributed by atoms with Crippen molar-refractivity contribution in [3.8, 4) is 17.2 Å². The molecule has 0 amide bonds. The molecule has 6 rings (SSSR count). The number of fused-ring (bicyclic) bond motifs is 4. The zero-order valence-electron chi connectivity index (χ0n) is 17.7. The Hall–Kier alpha value is -3.47. The van der Waals surface area contributed by atoms with Crippen molar-refractivity contribution in [1.82, 2.24) is 5.01 Å². The maximum Gasteiger partial charge on any atom is 0.214 e. The zero-order valence-corrected chi connectivity index (χ0v) is 17.7. The summed E-state index contributed by atoms with van der Waals surface area (Å²) in [6, 6.07) is 21.1. The summed E-state index contributed by atoms with van der Waals surface area (Å²) >= 11 is 0. The van der Waals surface area contributed by atoms with Gasteiger partial charge in [0.1, 0.15) is 19.0 Å². The van der Waals surface area contributed by atoms with Crippen LogP contribution >= 0.6 is 0 Å². The smallest absolute Gasteiger partial charge is 0.214 e. The Morgan fingerprint density at radius 2 is 1.68 bits per heavy atom. The molecule has 0 aliphatic carbocycles. The van der Waals surface area contributed by atoms with Crippen LogP contribution in [0.1, 0.15) is 46.5 Å². The molecule has 3 aliphatic heterocycles. The molecule has 5 heteroatoms. The molecule has 31 heavy (non-hydrogen) atoms. The zero-order chi connectivity index (χ0) is 20.9. The number of nitrogens with zero attached hydrogens (tertiary/aromatic N) is 2. The fourth-order valence-corrected chi connectivity index (χ4v) is 4.66. The lowest BCUT2D eigenvalue weighted by Crippen LogP contribution is -2.34. The van der Waals surface area contributed by atoms with E-state index in [9.17, 15) is 0 Å². The third-order valence-electron chi connectivity index (χ3n) is 6.28. The fraction of sp³-hybridized carbons (Fsp3) is 0.269. The van der Waals surface area contributed by atoms with Gasteiger partial charge in [0, 0.05) is 23.1 Å². The molecule has 3 aliphatic rings. The summed E-state index contributed by atoms with van der Waals surface area (Å²) in [5.41, 5.74) is 6.87. The van der Waals surface area contributed by atoms with Gasteiger partial charge in [-0.1, -0.05) is 42.0 Å². The van der Waals surface area contributed by atoms with Crippen molar-refractivity contribution >= 4 is 5.71 Å². The summed E-state index contributed by atoms with van der Waals surface area (Å²) in [7, 11) is 0. The molecule has 0 unspecified atom stereocenters. The summed E-state index contributed by atoms with van der Waals surface area (Å²) in [6.07, 6.45) is 0.566. The van der Waals surface area contributed by atoms with Gasteiger partial charge in [-0.2, -0.15) is 5.10 Å². The number of ether oxygens (including phenoxy) is 3. The van der Waals surface area contributed by atoms with Gasteiger partial charge in [0.2, 0.25) is 6.23 Å². The Morgan fingerprint density at radius 3 is 2.58 bits per heavy atom. The minimum Gasteiger partial charge on any atom is -0.486 e. The lowest BCUT2D eigenvalue weighted by Gasteiger charge is -2.38. The highest BCUT2D eigenvalue weighted by Gasteiger charge is 2.41. The van der Waals surface area contributed by atoms with E-state index < -0.39 is 0 Å². The van der Waals surface area contributed by atoms with E-state index in [4.69, 9.17) is 19.3 Å². The predicted molar refractivity (Wildman–Crippen MR) is 119 cm³/mol. The third kappa shape index (κ3) is 3.03. The quantitative estimate of drug-likeness (QED) is 0.572. The molecule has 0 radical (unpaired) electrons. The SMILES string of the molecule is Cc1ccc(C)c([C@H]2Oc3ccccc3[C@@H]3CC(c4ccc5c(c4)OCCO5)=NN23)c1. The van der Waals surface area contributed by atoms with Gasteiger partial charge in [-0.15, -0.1) is 0 Å². The van der Waals surface area contributed by atoms with Gasteiger partial charge in [-0.05, 0) is 43.7 Å². The van der Waals surface area contributed by atoms with Crippen LogP contribution in [0.2, 0.25) is 0 Å². The van der Waals surface area contributed by atoms with Gasteiger partial charge in [-0.3, -0.25) is 0 Å². The van der Waals surface area contributed by atoms with E-state index in [0.717, 1.165) is 40.5 Å². The third-order valence-corrected chi connectivity index (χ3v) is 6.28. The Labute approximate surface area is 181 Å². The van der Waals surface area contributed by atoms with Crippen molar-refractivity contribution in [2.75, 3.05) is 13.2 Å². The number of benzene rings is 3. The van der Waals surface area contributed by atoms with Crippen molar-refractivity contribution in [2.45, 2.75) is 32.5 Å². The second kappa shape index (κ2) is 7.05. The molecule has 0 N–H and O–H groups in total. The second-order valence-corrected chi connectivity index (χ2v) is 8.37. The molecule has 3 heterocycles. The Morgan fingerprint density at radius 1 is 0.839 bits per heavy atom. The van der Waals surface area contributed by atoms with E-state index in [1.165, 1.54) is 16.7 Å². The van der Waals surface area contributed by atoms with Crippen LogP contribution in [-0.4, -0.2) is 23.9 Å². The van der Waals surface area contributed by atoms with Crippen LogP contribution in [0.5, 0.6) is 17.2 Å². The van der Waals surface area contributed by atoms with Crippen molar-refractivity contribution in [2.24, 2.45) is 5.10 Å². The van der Waals surface area contributed by atoms with Crippen LogP contribution < -0.4 is 14.2 Å². The molecule has 0 bridgehead atoms. The van der Waals surface area contributed by atoms with Crippen LogP contribution in [0.25, 0.3) is 0 Å². The lowest BCUT2D eigenvalue weighted by molar-refractivity contribution is -0.0194. The molecule has 0 saturated heterocycles. The van der Waals surface area contributed by atoms with Gasteiger partial charge >= 0.3 is 0 Å². The molecular formula is C26H24N2O3. The number of hydrogen-bond acceptors (Lipinski definition) is 5. The maximum atomic E-state index is 6.52. The molecule has 0 spiro atoms. The average molecular weight is 412 g/mol. The molecule has 0 aromatic heterocycles. The van der Waals surface area contributed by atoms with Gasteiger partial charge in [-0.25, -0.2) is 5.01 Å². The van der Waals surface area contributed by atoms with Crippen molar-refractivity contribution in [3.05, 3.63) is 88.5 Å². The average Bonchev–Trinajstić information content (AvgIpc) is 3.26. The normalized spacial score (nSPS) is 21.1. The molecule has 0 fully saturated rings. The Bertz CT molecular complexity index is 1200. The maximum absolute atomic E-state index is 6.52. The molecule has 3 aromatic rings. The van der Waals surface area contributed by atoms with Crippen molar-refractivity contribution < 1.29 is 14.2 Å². The van der Waals surface area contributed by atoms with Gasteiger partial charge in [0.15, 0.2) is 11.5 Å². The highest BCUT2D eigenvalue weighted by molar-refractivity contribution is 6.02. The first kappa shape index (κ1) is 18.3. The topological polar surface area (TPSA) is 43.3 Å². The molecule has 0 saturated carbocycles. The minimum atomic E-state index is -0.255. The first-order valence-electron chi connectivity index (χ1n) is 10.8. The monoisotopic (exact) mass is 412 g/mol. The first-order chi connectivity index (χ1) is 15.2. The van der Waals surface area contributed by atoms with Gasteiger partial charge < -0.3 is 14.2 Å². The highest BCUT2D eigenvalue weighted by atomic mass is 16.6. The summed E-state index contributed by atoms with van der Waals surface area (Å²) in [5.74, 6) is 2.53. The van der Waals surface area contributed by atoms with Gasteiger partial charge in [0.05, 0.1) is 11.8 Å². The number of hydrazone groups is 1.